The summed E-state index contributed by atoms with van der Waals surface area (Å²) in [5, 5.41) is 9.04. The number of fused-ring (bicyclic) bond motifs is 1. The topological polar surface area (TPSA) is 40.9 Å². The van der Waals surface area contributed by atoms with Crippen LogP contribution in [0.2, 0.25) is 0 Å². The van der Waals surface area contributed by atoms with Crippen molar-refractivity contribution >= 4 is 6.29 Å². The van der Waals surface area contributed by atoms with Gasteiger partial charge in [0.1, 0.15) is 6.07 Å². The fraction of sp³-hybridized carbons (Fsp3) is 0.0769. The summed E-state index contributed by atoms with van der Waals surface area (Å²) in [4.78, 5) is 11.0. The van der Waals surface area contributed by atoms with Crippen molar-refractivity contribution in [3.8, 4) is 17.2 Å². The summed E-state index contributed by atoms with van der Waals surface area (Å²) in [5.41, 5.74) is 3.70. The molecule has 0 radical (unpaired) electrons. The summed E-state index contributed by atoms with van der Waals surface area (Å²) in [6.07, 6.45) is 0.818. The van der Waals surface area contributed by atoms with E-state index < -0.39 is 0 Å². The van der Waals surface area contributed by atoms with E-state index in [1.807, 2.05) is 37.3 Å². The summed E-state index contributed by atoms with van der Waals surface area (Å²) in [7, 11) is 0. The Morgan fingerprint density at radius 1 is 1.20 bits per heavy atom. The van der Waals surface area contributed by atoms with Gasteiger partial charge >= 0.3 is 0 Å². The molecule has 0 bridgehead atoms. The molecule has 0 aromatic heterocycles. The van der Waals surface area contributed by atoms with Crippen molar-refractivity contribution in [3.05, 3.63) is 47.0 Å². The second-order valence-corrected chi connectivity index (χ2v) is 3.38. The molecule has 0 spiro atoms. The number of carbonyl (C=O) groups is 1. The first-order valence-corrected chi connectivity index (χ1v) is 4.66. The van der Waals surface area contributed by atoms with Crippen LogP contribution in [0.3, 0.4) is 0 Å². The summed E-state index contributed by atoms with van der Waals surface area (Å²) in [6.45, 7) is 1.81. The molecule has 0 N–H and O–H groups in total. The zero-order chi connectivity index (χ0) is 10.8. The highest BCUT2D eigenvalue weighted by molar-refractivity contribution is 5.95. The van der Waals surface area contributed by atoms with Crippen LogP contribution in [0.5, 0.6) is 0 Å². The van der Waals surface area contributed by atoms with Crippen LogP contribution in [-0.2, 0) is 0 Å². The van der Waals surface area contributed by atoms with Crippen LogP contribution in [0.25, 0.3) is 11.1 Å². The number of nitrogens with zero attached hydrogens (tertiary/aromatic N) is 1. The lowest BCUT2D eigenvalue weighted by atomic mass is 10.1. The Labute approximate surface area is 88.1 Å². The van der Waals surface area contributed by atoms with Crippen molar-refractivity contribution in [2.75, 3.05) is 0 Å². The summed E-state index contributed by atoms with van der Waals surface area (Å²) in [6, 6.07) is 11.5. The summed E-state index contributed by atoms with van der Waals surface area (Å²) in [5.74, 6) is 0. The Morgan fingerprint density at radius 3 is 2.47 bits per heavy atom. The third kappa shape index (κ3) is 1.29. The molecule has 72 valence electrons. The average Bonchev–Trinajstić information content (AvgIpc) is 2.43. The zero-order valence-corrected chi connectivity index (χ0v) is 8.32. The van der Waals surface area contributed by atoms with Gasteiger partial charge in [0, 0.05) is 11.1 Å². The van der Waals surface area contributed by atoms with Gasteiger partial charge in [-0.1, -0.05) is 30.3 Å². The predicted octanol–water partition coefficient (Wildman–Crippen LogP) is 2.78. The van der Waals surface area contributed by atoms with E-state index in [2.05, 4.69) is 6.07 Å². The highest BCUT2D eigenvalue weighted by Gasteiger charge is 2.18. The molecule has 0 unspecified atom stereocenters. The van der Waals surface area contributed by atoms with Gasteiger partial charge < -0.3 is 0 Å². The molecule has 0 amide bonds. The molecule has 0 saturated heterocycles. The maximum absolute atomic E-state index is 11.0. The van der Waals surface area contributed by atoms with E-state index >= 15 is 0 Å². The van der Waals surface area contributed by atoms with Crippen molar-refractivity contribution in [2.24, 2.45) is 0 Å². The summed E-state index contributed by atoms with van der Waals surface area (Å²) >= 11 is 0. The van der Waals surface area contributed by atoms with E-state index in [-0.39, 0.29) is 0 Å². The lowest BCUT2D eigenvalue weighted by Gasteiger charge is -1.92. The molecule has 2 aliphatic carbocycles. The van der Waals surface area contributed by atoms with E-state index in [0.29, 0.717) is 11.1 Å². The minimum absolute atomic E-state index is 0.600. The van der Waals surface area contributed by atoms with Gasteiger partial charge in [0.2, 0.25) is 0 Å². The van der Waals surface area contributed by atoms with Crippen LogP contribution in [0.15, 0.2) is 30.3 Å². The molecule has 2 aliphatic rings. The first kappa shape index (κ1) is 9.42. The number of hydrogen-bond acceptors (Lipinski definition) is 2. The number of aldehydes is 1. The monoisotopic (exact) mass is 195 g/mol. The maximum Gasteiger partial charge on any atom is 0.150 e. The molecule has 0 saturated carbocycles. The SMILES string of the molecule is Cc1c(C#N)c2cccccc-2c1C=O. The Balaban J connectivity index is 2.92. The second-order valence-electron chi connectivity index (χ2n) is 3.38. The molecule has 15 heavy (non-hydrogen) atoms. The summed E-state index contributed by atoms with van der Waals surface area (Å²) < 4.78 is 0. The van der Waals surface area contributed by atoms with Crippen LogP contribution in [-0.4, -0.2) is 6.29 Å². The van der Waals surface area contributed by atoms with Crippen molar-refractivity contribution in [3.63, 3.8) is 0 Å². The molecule has 0 heterocycles. The van der Waals surface area contributed by atoms with Gasteiger partial charge in [-0.15, -0.1) is 0 Å². The molecular formula is C13H9NO. The maximum atomic E-state index is 11.0. The smallest absolute Gasteiger partial charge is 0.150 e. The number of hydrogen-bond donors (Lipinski definition) is 0. The van der Waals surface area contributed by atoms with Crippen LogP contribution < -0.4 is 0 Å². The van der Waals surface area contributed by atoms with Gasteiger partial charge in [-0.2, -0.15) is 5.26 Å². The van der Waals surface area contributed by atoms with E-state index in [1.54, 1.807) is 0 Å². The average molecular weight is 195 g/mol. The predicted molar refractivity (Wildman–Crippen MR) is 57.9 cm³/mol. The quantitative estimate of drug-likeness (QED) is 0.656. The van der Waals surface area contributed by atoms with Crippen LogP contribution in [0, 0.1) is 18.3 Å². The normalized spacial score (nSPS) is 9.87. The largest absolute Gasteiger partial charge is 0.298 e. The molecule has 2 heteroatoms. The van der Waals surface area contributed by atoms with Gasteiger partial charge in [-0.25, -0.2) is 0 Å². The third-order valence-corrected chi connectivity index (χ3v) is 2.61. The standard InChI is InChI=1S/C13H9NO/c1-9-12(7-14)10-5-3-2-4-6-11(10)13(9)8-15/h2-6,8H,1H3. The van der Waals surface area contributed by atoms with Gasteiger partial charge in [0.15, 0.2) is 6.29 Å². The van der Waals surface area contributed by atoms with E-state index in [1.165, 1.54) is 0 Å². The molecule has 2 rings (SSSR count). The van der Waals surface area contributed by atoms with Crippen LogP contribution >= 0.6 is 0 Å². The molecular weight excluding hydrogens is 186 g/mol. The van der Waals surface area contributed by atoms with Crippen molar-refractivity contribution < 1.29 is 4.79 Å². The third-order valence-electron chi connectivity index (χ3n) is 2.61. The lowest BCUT2D eigenvalue weighted by Crippen LogP contribution is -1.80. The van der Waals surface area contributed by atoms with Crippen molar-refractivity contribution in [1.29, 1.82) is 5.26 Å². The van der Waals surface area contributed by atoms with Gasteiger partial charge in [0.05, 0.1) is 5.56 Å². The van der Waals surface area contributed by atoms with Crippen molar-refractivity contribution in [2.45, 2.75) is 6.92 Å². The Morgan fingerprint density at radius 2 is 1.87 bits per heavy atom. The zero-order valence-electron chi connectivity index (χ0n) is 8.32. The lowest BCUT2D eigenvalue weighted by molar-refractivity contribution is 0.112. The van der Waals surface area contributed by atoms with Crippen LogP contribution in [0.1, 0.15) is 21.5 Å². The molecule has 2 nitrogen and oxygen atoms in total. The molecule has 0 aliphatic heterocycles. The first-order valence-electron chi connectivity index (χ1n) is 4.66. The van der Waals surface area contributed by atoms with Crippen molar-refractivity contribution in [1.82, 2.24) is 0 Å². The fourth-order valence-corrected chi connectivity index (χ4v) is 1.83. The second kappa shape index (κ2) is 3.55. The van der Waals surface area contributed by atoms with E-state index in [0.717, 1.165) is 23.0 Å². The molecule has 0 atom stereocenters. The highest BCUT2D eigenvalue weighted by Crippen LogP contribution is 2.34. The molecule has 0 aromatic rings. The minimum Gasteiger partial charge on any atom is -0.298 e. The van der Waals surface area contributed by atoms with Gasteiger partial charge in [0.25, 0.3) is 0 Å². The highest BCUT2D eigenvalue weighted by atomic mass is 16.1. The van der Waals surface area contributed by atoms with E-state index in [4.69, 9.17) is 5.26 Å². The Kier molecular flexibility index (Phi) is 2.23. The number of nitriles is 1. The van der Waals surface area contributed by atoms with E-state index in [9.17, 15) is 4.79 Å². The minimum atomic E-state index is 0.600. The number of carbonyl (C=O) groups excluding carboxylic acids is 1. The Bertz CT molecular complexity index is 537. The first-order chi connectivity index (χ1) is 7.29. The fourth-order valence-electron chi connectivity index (χ4n) is 1.83. The Hall–Kier alpha value is -2.14. The van der Waals surface area contributed by atoms with Gasteiger partial charge in [-0.05, 0) is 18.1 Å². The van der Waals surface area contributed by atoms with Crippen LogP contribution in [0.4, 0.5) is 0 Å². The molecule has 0 fully saturated rings. The number of rotatable bonds is 1. The van der Waals surface area contributed by atoms with Gasteiger partial charge in [-0.3, -0.25) is 4.79 Å². The molecule has 0 aromatic carbocycles.